The molecule has 0 aliphatic carbocycles. The number of aryl methyl sites for hydroxylation is 1. The summed E-state index contributed by atoms with van der Waals surface area (Å²) in [5.74, 6) is 0.374. The molecule has 38 heavy (non-hydrogen) atoms. The first-order valence-electron chi connectivity index (χ1n) is 11.5. The van der Waals surface area contributed by atoms with Crippen molar-refractivity contribution in [1.29, 1.82) is 0 Å². The lowest BCUT2D eigenvalue weighted by Gasteiger charge is -2.11. The Bertz CT molecular complexity index is 1480. The molecule has 8 nitrogen and oxygen atoms in total. The number of methoxy groups -OCH3 is 2. The molecule has 0 atom stereocenters. The number of ether oxygens (including phenoxy) is 2. The van der Waals surface area contributed by atoms with Crippen LogP contribution in [0, 0.1) is 6.92 Å². The van der Waals surface area contributed by atoms with E-state index in [-0.39, 0.29) is 11.7 Å². The second-order valence-corrected chi connectivity index (χ2v) is 10.6. The van der Waals surface area contributed by atoms with Gasteiger partial charge < -0.3 is 14.8 Å². The molecule has 2 aromatic carbocycles. The van der Waals surface area contributed by atoms with Crippen molar-refractivity contribution in [1.82, 2.24) is 14.8 Å². The molecule has 0 spiro atoms. The van der Waals surface area contributed by atoms with E-state index in [1.807, 2.05) is 41.8 Å². The molecule has 1 N–H and O–H groups in total. The topological polar surface area (TPSA) is 95.3 Å². The highest BCUT2D eigenvalue weighted by molar-refractivity contribution is 7.99. The number of esters is 1. The van der Waals surface area contributed by atoms with Gasteiger partial charge in [0.15, 0.2) is 11.0 Å². The number of anilines is 1. The summed E-state index contributed by atoms with van der Waals surface area (Å²) in [6.45, 7) is 6.15. The summed E-state index contributed by atoms with van der Waals surface area (Å²) in [5.41, 5.74) is 2.63. The molecular formula is C27H25ClN4O4S2. The number of carbonyl (C=O) groups excluding carboxylic acids is 2. The number of thioether (sulfide) groups is 1. The molecule has 2 aromatic heterocycles. The highest BCUT2D eigenvalue weighted by Crippen LogP contribution is 2.40. The predicted molar refractivity (Wildman–Crippen MR) is 152 cm³/mol. The third kappa shape index (κ3) is 5.77. The molecule has 0 aliphatic heterocycles. The molecule has 0 fully saturated rings. The Balaban J connectivity index is 1.57. The molecule has 0 saturated heterocycles. The van der Waals surface area contributed by atoms with E-state index in [2.05, 4.69) is 22.1 Å². The fraction of sp³-hybridized carbons (Fsp3) is 0.185. The highest BCUT2D eigenvalue weighted by Gasteiger charge is 2.25. The number of nitrogens with zero attached hydrogens (tertiary/aromatic N) is 3. The SMILES string of the molecule is C=CCn1c(SCC(=O)Nc2sc(C)c(-c3ccccc3)c2C(=O)OC)nnc1-c1cc(Cl)ccc1OC. The van der Waals surface area contributed by atoms with Crippen molar-refractivity contribution < 1.29 is 19.1 Å². The molecule has 11 heteroatoms. The third-order valence-electron chi connectivity index (χ3n) is 5.55. The van der Waals surface area contributed by atoms with E-state index in [0.717, 1.165) is 16.0 Å². The number of hydrogen-bond donors (Lipinski definition) is 1. The van der Waals surface area contributed by atoms with E-state index in [1.54, 1.807) is 31.4 Å². The standard InChI is InChI=1S/C27H25ClN4O4S2/c1-5-13-32-24(19-14-18(28)11-12-20(19)35-3)30-31-27(32)37-15-21(33)29-25-23(26(34)36-4)22(16(2)38-25)17-9-7-6-8-10-17/h5-12,14H,1,13,15H2,2-4H3,(H,29,33). The normalized spacial score (nSPS) is 10.7. The molecule has 2 heterocycles. The Morgan fingerprint density at radius 2 is 1.95 bits per heavy atom. The molecule has 0 unspecified atom stereocenters. The number of nitrogens with one attached hydrogen (secondary N) is 1. The third-order valence-corrected chi connectivity index (χ3v) is 7.77. The van der Waals surface area contributed by atoms with E-state index in [9.17, 15) is 9.59 Å². The van der Waals surface area contributed by atoms with Gasteiger partial charge in [0.25, 0.3) is 0 Å². The molecule has 0 aliphatic rings. The maximum Gasteiger partial charge on any atom is 0.341 e. The fourth-order valence-electron chi connectivity index (χ4n) is 3.92. The van der Waals surface area contributed by atoms with Crippen molar-refractivity contribution >= 4 is 51.6 Å². The summed E-state index contributed by atoms with van der Waals surface area (Å²) >= 11 is 8.77. The first-order chi connectivity index (χ1) is 18.4. The van der Waals surface area contributed by atoms with Gasteiger partial charge in [-0.2, -0.15) is 0 Å². The lowest BCUT2D eigenvalue weighted by atomic mass is 10.0. The number of amides is 1. The number of allylic oxidation sites excluding steroid dienone is 1. The first kappa shape index (κ1) is 27.4. The lowest BCUT2D eigenvalue weighted by Crippen LogP contribution is -2.16. The minimum absolute atomic E-state index is 0.0419. The van der Waals surface area contributed by atoms with Crippen LogP contribution in [0.5, 0.6) is 5.75 Å². The summed E-state index contributed by atoms with van der Waals surface area (Å²) in [4.78, 5) is 26.6. The zero-order valence-electron chi connectivity index (χ0n) is 21.0. The summed E-state index contributed by atoms with van der Waals surface area (Å²) in [5, 5.41) is 13.0. The second kappa shape index (κ2) is 12.3. The van der Waals surface area contributed by atoms with Crippen molar-refractivity contribution in [2.24, 2.45) is 0 Å². The van der Waals surface area contributed by atoms with Gasteiger partial charge in [-0.05, 0) is 30.7 Å². The maximum absolute atomic E-state index is 13.0. The van der Waals surface area contributed by atoms with Crippen LogP contribution in [0.3, 0.4) is 0 Å². The van der Waals surface area contributed by atoms with Crippen molar-refractivity contribution in [3.05, 3.63) is 76.6 Å². The molecular weight excluding hydrogens is 544 g/mol. The van der Waals surface area contributed by atoms with E-state index in [1.165, 1.54) is 30.2 Å². The van der Waals surface area contributed by atoms with Crippen LogP contribution in [-0.4, -0.2) is 46.6 Å². The number of hydrogen-bond acceptors (Lipinski definition) is 8. The average molecular weight is 569 g/mol. The largest absolute Gasteiger partial charge is 0.496 e. The summed E-state index contributed by atoms with van der Waals surface area (Å²) in [6, 6.07) is 14.8. The Labute approximate surface area is 233 Å². The monoisotopic (exact) mass is 568 g/mol. The van der Waals surface area contributed by atoms with E-state index in [4.69, 9.17) is 21.1 Å². The molecule has 196 valence electrons. The molecule has 0 saturated carbocycles. The van der Waals surface area contributed by atoms with E-state index >= 15 is 0 Å². The highest BCUT2D eigenvalue weighted by atomic mass is 35.5. The van der Waals surface area contributed by atoms with Crippen LogP contribution >= 0.6 is 34.7 Å². The molecule has 0 bridgehead atoms. The van der Waals surface area contributed by atoms with E-state index < -0.39 is 5.97 Å². The zero-order chi connectivity index (χ0) is 27.2. The Kier molecular flexibility index (Phi) is 8.88. The number of benzene rings is 2. The number of carbonyl (C=O) groups is 2. The van der Waals surface area contributed by atoms with Crippen LogP contribution in [0.25, 0.3) is 22.5 Å². The zero-order valence-corrected chi connectivity index (χ0v) is 23.4. The van der Waals surface area contributed by atoms with Crippen LogP contribution < -0.4 is 10.1 Å². The van der Waals surface area contributed by atoms with Gasteiger partial charge in [0.1, 0.15) is 16.3 Å². The lowest BCUT2D eigenvalue weighted by molar-refractivity contribution is -0.113. The van der Waals surface area contributed by atoms with Crippen LogP contribution in [0.4, 0.5) is 5.00 Å². The van der Waals surface area contributed by atoms with Gasteiger partial charge >= 0.3 is 5.97 Å². The van der Waals surface area contributed by atoms with Crippen molar-refractivity contribution in [2.75, 3.05) is 25.3 Å². The van der Waals surface area contributed by atoms with Gasteiger partial charge in [0.05, 0.1) is 25.5 Å². The fourth-order valence-corrected chi connectivity index (χ4v) is 5.92. The predicted octanol–water partition coefficient (Wildman–Crippen LogP) is 6.35. The van der Waals surface area contributed by atoms with Crippen molar-refractivity contribution in [3.8, 4) is 28.3 Å². The summed E-state index contributed by atoms with van der Waals surface area (Å²) < 4.78 is 12.3. The van der Waals surface area contributed by atoms with Gasteiger partial charge in [-0.15, -0.1) is 28.1 Å². The Morgan fingerprint density at radius 1 is 1.18 bits per heavy atom. The number of aromatic nitrogens is 3. The average Bonchev–Trinajstić information content (AvgIpc) is 3.47. The van der Waals surface area contributed by atoms with Crippen LogP contribution in [0.15, 0.2) is 66.3 Å². The first-order valence-corrected chi connectivity index (χ1v) is 13.6. The van der Waals surface area contributed by atoms with Crippen LogP contribution in [0.1, 0.15) is 15.2 Å². The minimum atomic E-state index is -0.512. The summed E-state index contributed by atoms with van der Waals surface area (Å²) in [7, 11) is 2.89. The van der Waals surface area contributed by atoms with Crippen molar-refractivity contribution in [2.45, 2.75) is 18.6 Å². The molecule has 4 rings (SSSR count). The van der Waals surface area contributed by atoms with Gasteiger partial charge in [0.2, 0.25) is 5.91 Å². The van der Waals surface area contributed by atoms with Crippen LogP contribution in [0.2, 0.25) is 5.02 Å². The Morgan fingerprint density at radius 3 is 2.63 bits per heavy atom. The number of halogens is 1. The summed E-state index contributed by atoms with van der Waals surface area (Å²) in [6.07, 6.45) is 1.72. The smallest absolute Gasteiger partial charge is 0.341 e. The van der Waals surface area contributed by atoms with Gasteiger partial charge in [-0.1, -0.05) is 59.8 Å². The molecule has 4 aromatic rings. The molecule has 0 radical (unpaired) electrons. The van der Waals surface area contributed by atoms with E-state index in [0.29, 0.717) is 44.4 Å². The second-order valence-electron chi connectivity index (χ2n) is 7.98. The van der Waals surface area contributed by atoms with Gasteiger partial charge in [-0.3, -0.25) is 9.36 Å². The maximum atomic E-state index is 13.0. The quantitative estimate of drug-likeness (QED) is 0.135. The van der Waals surface area contributed by atoms with Gasteiger partial charge in [-0.25, -0.2) is 4.79 Å². The van der Waals surface area contributed by atoms with Gasteiger partial charge in [0, 0.05) is 22.0 Å². The Hall–Kier alpha value is -3.60. The van der Waals surface area contributed by atoms with Crippen molar-refractivity contribution in [3.63, 3.8) is 0 Å². The number of rotatable bonds is 10. The number of thiophene rings is 1. The molecule has 1 amide bonds. The minimum Gasteiger partial charge on any atom is -0.496 e. The van der Waals surface area contributed by atoms with Crippen LogP contribution in [-0.2, 0) is 16.1 Å².